The van der Waals surface area contributed by atoms with Gasteiger partial charge in [-0.25, -0.2) is 28.1 Å². The van der Waals surface area contributed by atoms with Crippen LogP contribution in [0, 0.1) is 18.7 Å². The standard InChI is InChI=1S/C30H38F3N5/c1-5-30(32,33)25-8-6-7-22(27(25)31)17-34-28-24-16-23(21-11-13-38(14-12-21)18(2)3)19(4)35-29(24)37-26(36-28)15-20-9-10-20/h6-8,16,18,20-21H,5,9-15,17H2,1-4H3,(H,34,35,36,37). The Kier molecular flexibility index (Phi) is 7.63. The lowest BCUT2D eigenvalue weighted by Gasteiger charge is -2.35. The summed E-state index contributed by atoms with van der Waals surface area (Å²) in [4.78, 5) is 17.0. The van der Waals surface area contributed by atoms with Crippen molar-refractivity contribution in [3.63, 3.8) is 0 Å². The Balaban J connectivity index is 1.47. The second kappa shape index (κ2) is 10.8. The molecule has 3 heterocycles. The molecule has 5 rings (SSSR count). The van der Waals surface area contributed by atoms with Crippen molar-refractivity contribution in [3.05, 3.63) is 58.3 Å². The third-order valence-electron chi connectivity index (χ3n) is 8.19. The summed E-state index contributed by atoms with van der Waals surface area (Å²) in [7, 11) is 0. The lowest BCUT2D eigenvalue weighted by molar-refractivity contribution is -0.0118. The van der Waals surface area contributed by atoms with Crippen molar-refractivity contribution in [3.8, 4) is 0 Å². The van der Waals surface area contributed by atoms with Crippen LogP contribution in [0.1, 0.15) is 87.0 Å². The van der Waals surface area contributed by atoms with E-state index in [1.54, 1.807) is 6.07 Å². The molecule has 1 aromatic carbocycles. The predicted octanol–water partition coefficient (Wildman–Crippen LogP) is 7.13. The highest BCUT2D eigenvalue weighted by Gasteiger charge is 2.33. The molecule has 0 spiro atoms. The summed E-state index contributed by atoms with van der Waals surface area (Å²) in [6.07, 6.45) is 4.82. The number of hydrogen-bond donors (Lipinski definition) is 1. The summed E-state index contributed by atoms with van der Waals surface area (Å²) in [5, 5.41) is 4.06. The van der Waals surface area contributed by atoms with Crippen LogP contribution < -0.4 is 5.32 Å². The molecule has 0 unspecified atom stereocenters. The van der Waals surface area contributed by atoms with Gasteiger partial charge in [0, 0.05) is 36.7 Å². The van der Waals surface area contributed by atoms with Crippen LogP contribution in [0.2, 0.25) is 0 Å². The number of likely N-dealkylation sites (tertiary alicyclic amines) is 1. The molecule has 1 aliphatic carbocycles. The van der Waals surface area contributed by atoms with Gasteiger partial charge >= 0.3 is 0 Å². The van der Waals surface area contributed by atoms with Crippen molar-refractivity contribution in [2.24, 2.45) is 5.92 Å². The molecule has 2 aromatic heterocycles. The Morgan fingerprint density at radius 1 is 1.08 bits per heavy atom. The molecule has 0 atom stereocenters. The SMILES string of the molecule is CCC(F)(F)c1cccc(CNc2nc(CC3CC3)nc3nc(C)c(C4CCN(C(C)C)CC4)cc23)c1F. The summed E-state index contributed by atoms with van der Waals surface area (Å²) >= 11 is 0. The monoisotopic (exact) mass is 525 g/mol. The van der Waals surface area contributed by atoms with E-state index in [9.17, 15) is 8.78 Å². The van der Waals surface area contributed by atoms with E-state index in [4.69, 9.17) is 15.0 Å². The molecule has 1 saturated heterocycles. The van der Waals surface area contributed by atoms with Crippen LogP contribution in [0.3, 0.4) is 0 Å². The number of halogens is 3. The number of anilines is 1. The van der Waals surface area contributed by atoms with E-state index in [2.05, 4.69) is 30.1 Å². The van der Waals surface area contributed by atoms with Gasteiger partial charge in [0.1, 0.15) is 17.5 Å². The van der Waals surface area contributed by atoms with E-state index >= 15 is 4.39 Å². The van der Waals surface area contributed by atoms with Crippen LogP contribution >= 0.6 is 0 Å². The van der Waals surface area contributed by atoms with Crippen molar-refractivity contribution in [2.45, 2.75) is 90.6 Å². The maximum atomic E-state index is 15.1. The quantitative estimate of drug-likeness (QED) is 0.322. The number of nitrogens with one attached hydrogen (secondary N) is 1. The van der Waals surface area contributed by atoms with Gasteiger partial charge in [0.05, 0.1) is 10.9 Å². The Bertz CT molecular complexity index is 1300. The molecule has 1 N–H and O–H groups in total. The molecular weight excluding hydrogens is 487 g/mol. The van der Waals surface area contributed by atoms with Crippen LogP contribution in [0.15, 0.2) is 24.3 Å². The molecule has 1 aliphatic heterocycles. The zero-order chi connectivity index (χ0) is 27.0. The molecule has 5 nitrogen and oxygen atoms in total. The molecule has 8 heteroatoms. The first-order valence-electron chi connectivity index (χ1n) is 14.0. The fourth-order valence-electron chi connectivity index (χ4n) is 5.52. The first kappa shape index (κ1) is 26.9. The number of aromatic nitrogens is 3. The number of nitrogens with zero attached hydrogens (tertiary/aromatic N) is 4. The minimum absolute atomic E-state index is 0.0461. The van der Waals surface area contributed by atoms with E-state index in [0.29, 0.717) is 29.3 Å². The number of fused-ring (bicyclic) bond motifs is 1. The maximum absolute atomic E-state index is 15.1. The van der Waals surface area contributed by atoms with Gasteiger partial charge in [0.2, 0.25) is 0 Å². The lowest BCUT2D eigenvalue weighted by Crippen LogP contribution is -2.38. The number of rotatable bonds is 9. The Hall–Kier alpha value is -2.74. The van der Waals surface area contributed by atoms with Crippen molar-refractivity contribution in [1.29, 1.82) is 0 Å². The average Bonchev–Trinajstić information content (AvgIpc) is 3.71. The van der Waals surface area contributed by atoms with Crippen molar-refractivity contribution in [2.75, 3.05) is 18.4 Å². The fourth-order valence-corrected chi connectivity index (χ4v) is 5.52. The van der Waals surface area contributed by atoms with Gasteiger partial charge in [0.15, 0.2) is 5.65 Å². The first-order valence-corrected chi connectivity index (χ1v) is 14.0. The van der Waals surface area contributed by atoms with Gasteiger partial charge < -0.3 is 10.2 Å². The molecule has 38 heavy (non-hydrogen) atoms. The number of alkyl halides is 2. The van der Waals surface area contributed by atoms with E-state index in [1.165, 1.54) is 37.5 Å². The Morgan fingerprint density at radius 3 is 2.47 bits per heavy atom. The van der Waals surface area contributed by atoms with E-state index in [-0.39, 0.29) is 12.1 Å². The van der Waals surface area contributed by atoms with Crippen LogP contribution in [0.25, 0.3) is 11.0 Å². The average molecular weight is 526 g/mol. The second-order valence-corrected chi connectivity index (χ2v) is 11.3. The van der Waals surface area contributed by atoms with Gasteiger partial charge in [0.25, 0.3) is 5.92 Å². The van der Waals surface area contributed by atoms with Crippen LogP contribution in [-0.4, -0.2) is 39.0 Å². The largest absolute Gasteiger partial charge is 0.365 e. The normalized spacial score (nSPS) is 17.5. The van der Waals surface area contributed by atoms with Crippen LogP contribution in [0.5, 0.6) is 0 Å². The number of piperidine rings is 1. The molecule has 0 bridgehead atoms. The number of benzene rings is 1. The Labute approximate surface area is 223 Å². The number of aryl methyl sites for hydroxylation is 1. The molecule has 2 aliphatic rings. The highest BCUT2D eigenvalue weighted by atomic mass is 19.3. The molecular formula is C30H38F3N5. The molecule has 0 amide bonds. The van der Waals surface area contributed by atoms with Gasteiger partial charge in [-0.15, -0.1) is 0 Å². The summed E-state index contributed by atoms with van der Waals surface area (Å²) in [6.45, 7) is 10.0. The van der Waals surface area contributed by atoms with Crippen molar-refractivity contribution in [1.82, 2.24) is 19.9 Å². The second-order valence-electron chi connectivity index (χ2n) is 11.3. The van der Waals surface area contributed by atoms with Gasteiger partial charge in [-0.1, -0.05) is 25.1 Å². The zero-order valence-corrected chi connectivity index (χ0v) is 22.8. The van der Waals surface area contributed by atoms with Gasteiger partial charge in [-0.2, -0.15) is 0 Å². The van der Waals surface area contributed by atoms with E-state index in [0.717, 1.165) is 49.3 Å². The van der Waals surface area contributed by atoms with Gasteiger partial charge in [-0.3, -0.25) is 0 Å². The molecule has 0 radical (unpaired) electrons. The predicted molar refractivity (Wildman–Crippen MR) is 145 cm³/mol. The lowest BCUT2D eigenvalue weighted by atomic mass is 9.87. The third kappa shape index (κ3) is 5.65. The van der Waals surface area contributed by atoms with Crippen molar-refractivity contribution < 1.29 is 13.2 Å². The zero-order valence-electron chi connectivity index (χ0n) is 22.8. The van der Waals surface area contributed by atoms with E-state index < -0.39 is 23.7 Å². The minimum atomic E-state index is -3.21. The smallest absolute Gasteiger partial charge is 0.275 e. The molecule has 3 aromatic rings. The molecule has 2 fully saturated rings. The molecule has 1 saturated carbocycles. The topological polar surface area (TPSA) is 53.9 Å². The Morgan fingerprint density at radius 2 is 1.82 bits per heavy atom. The summed E-state index contributed by atoms with van der Waals surface area (Å²) in [6, 6.07) is 6.89. The summed E-state index contributed by atoms with van der Waals surface area (Å²) in [5.41, 5.74) is 2.45. The van der Waals surface area contributed by atoms with E-state index in [1.807, 2.05) is 6.92 Å². The number of hydrogen-bond acceptors (Lipinski definition) is 5. The van der Waals surface area contributed by atoms with Crippen LogP contribution in [0.4, 0.5) is 19.0 Å². The highest BCUT2D eigenvalue weighted by Crippen LogP contribution is 2.37. The molecule has 204 valence electrons. The minimum Gasteiger partial charge on any atom is -0.365 e. The highest BCUT2D eigenvalue weighted by molar-refractivity contribution is 5.87. The summed E-state index contributed by atoms with van der Waals surface area (Å²) < 4.78 is 43.7. The van der Waals surface area contributed by atoms with Crippen LogP contribution in [-0.2, 0) is 18.9 Å². The third-order valence-corrected chi connectivity index (χ3v) is 8.19. The van der Waals surface area contributed by atoms with Crippen molar-refractivity contribution >= 4 is 16.9 Å². The summed E-state index contributed by atoms with van der Waals surface area (Å²) in [5.74, 6) is -1.76. The first-order chi connectivity index (χ1) is 18.2. The van der Waals surface area contributed by atoms with Gasteiger partial charge in [-0.05, 0) is 83.0 Å². The number of pyridine rings is 1. The maximum Gasteiger partial charge on any atom is 0.275 e. The fraction of sp³-hybridized carbons (Fsp3) is 0.567.